The second kappa shape index (κ2) is 4.78. The minimum atomic E-state index is -3.22. The van der Waals surface area contributed by atoms with Gasteiger partial charge in [-0.1, -0.05) is 23.8 Å². The van der Waals surface area contributed by atoms with Gasteiger partial charge in [-0.3, -0.25) is 4.79 Å². The predicted octanol–water partition coefficient (Wildman–Crippen LogP) is 1.46. The molecule has 1 aromatic carbocycles. The number of carbonyl (C=O) groups excluding carboxylic acids is 1. The van der Waals surface area contributed by atoms with E-state index >= 15 is 0 Å². The molecule has 0 aromatic heterocycles. The van der Waals surface area contributed by atoms with Crippen LogP contribution in [0.25, 0.3) is 0 Å². The third-order valence-electron chi connectivity index (χ3n) is 2.32. The fraction of sp³-hybridized carbons (Fsp3) is 0.417. The van der Waals surface area contributed by atoms with E-state index in [0.717, 1.165) is 22.9 Å². The van der Waals surface area contributed by atoms with E-state index < -0.39 is 9.84 Å². The zero-order valence-electron chi connectivity index (χ0n) is 9.78. The summed E-state index contributed by atoms with van der Waals surface area (Å²) in [4.78, 5) is 11.5. The number of hydrogen-bond donors (Lipinski definition) is 0. The summed E-state index contributed by atoms with van der Waals surface area (Å²) >= 11 is 0. The first-order valence-corrected chi connectivity index (χ1v) is 7.09. The number of sulfone groups is 1. The van der Waals surface area contributed by atoms with Crippen LogP contribution in [0.1, 0.15) is 16.7 Å². The molecule has 0 bridgehead atoms. The first-order chi connectivity index (χ1) is 7.28. The Hall–Kier alpha value is -1.16. The molecule has 0 N–H and O–H groups in total. The Labute approximate surface area is 96.4 Å². The molecule has 0 aliphatic rings. The molecule has 4 heteroatoms. The van der Waals surface area contributed by atoms with Crippen molar-refractivity contribution in [2.75, 3.05) is 12.0 Å². The smallest absolute Gasteiger partial charge is 0.154 e. The quantitative estimate of drug-likeness (QED) is 0.800. The molecule has 1 rings (SSSR count). The van der Waals surface area contributed by atoms with Crippen LogP contribution in [-0.4, -0.2) is 26.2 Å². The van der Waals surface area contributed by atoms with Crippen molar-refractivity contribution < 1.29 is 13.2 Å². The molecule has 0 atom stereocenters. The Kier molecular flexibility index (Phi) is 3.86. The molecule has 0 amide bonds. The standard InChI is InChI=1S/C12H16O3S/c1-9-4-5-10(2)11(6-9)7-12(13)8-16(3,14)15/h4-6H,7-8H2,1-3H3. The van der Waals surface area contributed by atoms with Gasteiger partial charge >= 0.3 is 0 Å². The van der Waals surface area contributed by atoms with Crippen molar-refractivity contribution in [1.29, 1.82) is 0 Å². The van der Waals surface area contributed by atoms with Crippen molar-refractivity contribution in [3.63, 3.8) is 0 Å². The molecule has 0 unspecified atom stereocenters. The highest BCUT2D eigenvalue weighted by Gasteiger charge is 2.12. The van der Waals surface area contributed by atoms with Gasteiger partial charge in [0, 0.05) is 12.7 Å². The van der Waals surface area contributed by atoms with Crippen molar-refractivity contribution in [3.05, 3.63) is 34.9 Å². The summed E-state index contributed by atoms with van der Waals surface area (Å²) in [6.07, 6.45) is 1.27. The topological polar surface area (TPSA) is 51.2 Å². The highest BCUT2D eigenvalue weighted by molar-refractivity contribution is 7.91. The zero-order chi connectivity index (χ0) is 12.3. The monoisotopic (exact) mass is 240 g/mol. The van der Waals surface area contributed by atoms with Crippen LogP contribution in [0.3, 0.4) is 0 Å². The lowest BCUT2D eigenvalue weighted by Gasteiger charge is -2.05. The van der Waals surface area contributed by atoms with E-state index in [4.69, 9.17) is 0 Å². The molecular weight excluding hydrogens is 224 g/mol. The first kappa shape index (κ1) is 12.9. The van der Waals surface area contributed by atoms with Gasteiger partial charge in [-0.05, 0) is 25.0 Å². The summed E-state index contributed by atoms with van der Waals surface area (Å²) in [6, 6.07) is 5.84. The molecule has 0 saturated heterocycles. The van der Waals surface area contributed by atoms with Crippen LogP contribution in [0.2, 0.25) is 0 Å². The van der Waals surface area contributed by atoms with Crippen molar-refractivity contribution >= 4 is 15.6 Å². The number of rotatable bonds is 4. The molecule has 0 radical (unpaired) electrons. The number of aryl methyl sites for hydroxylation is 2. The first-order valence-electron chi connectivity index (χ1n) is 5.03. The third-order valence-corrected chi connectivity index (χ3v) is 3.16. The number of Topliss-reactive ketones (excluding diaryl/α,β-unsaturated/α-hetero) is 1. The normalized spacial score (nSPS) is 11.4. The molecule has 1 aromatic rings. The molecule has 3 nitrogen and oxygen atoms in total. The third kappa shape index (κ3) is 4.14. The number of ketones is 1. The minimum absolute atomic E-state index is 0.195. The maximum Gasteiger partial charge on any atom is 0.154 e. The molecule has 0 aliphatic carbocycles. The lowest BCUT2D eigenvalue weighted by atomic mass is 10.0. The van der Waals surface area contributed by atoms with E-state index in [-0.39, 0.29) is 18.0 Å². The van der Waals surface area contributed by atoms with E-state index in [1.54, 1.807) is 0 Å². The maximum atomic E-state index is 11.5. The lowest BCUT2D eigenvalue weighted by molar-refractivity contribution is -0.116. The van der Waals surface area contributed by atoms with Gasteiger partial charge in [0.2, 0.25) is 0 Å². The Morgan fingerprint density at radius 1 is 1.25 bits per heavy atom. The van der Waals surface area contributed by atoms with Crippen molar-refractivity contribution in [2.45, 2.75) is 20.3 Å². The fourth-order valence-corrected chi connectivity index (χ4v) is 2.23. The average Bonchev–Trinajstić information content (AvgIpc) is 2.08. The molecule has 16 heavy (non-hydrogen) atoms. The Balaban J connectivity index is 2.81. The van der Waals surface area contributed by atoms with Gasteiger partial charge in [0.15, 0.2) is 15.6 Å². The number of hydrogen-bond acceptors (Lipinski definition) is 3. The second-order valence-electron chi connectivity index (χ2n) is 4.22. The van der Waals surface area contributed by atoms with Crippen LogP contribution in [0, 0.1) is 13.8 Å². The van der Waals surface area contributed by atoms with Crippen molar-refractivity contribution in [3.8, 4) is 0 Å². The largest absolute Gasteiger partial charge is 0.298 e. The highest BCUT2D eigenvalue weighted by Crippen LogP contribution is 2.11. The van der Waals surface area contributed by atoms with Crippen molar-refractivity contribution in [2.24, 2.45) is 0 Å². The summed E-state index contributed by atoms with van der Waals surface area (Å²) in [7, 11) is -3.22. The van der Waals surface area contributed by atoms with Crippen LogP contribution in [-0.2, 0) is 21.1 Å². The minimum Gasteiger partial charge on any atom is -0.298 e. The molecule has 0 saturated carbocycles. The van der Waals surface area contributed by atoms with E-state index in [2.05, 4.69) is 0 Å². The van der Waals surface area contributed by atoms with Crippen LogP contribution >= 0.6 is 0 Å². The maximum absolute atomic E-state index is 11.5. The van der Waals surface area contributed by atoms with E-state index in [9.17, 15) is 13.2 Å². The van der Waals surface area contributed by atoms with Crippen molar-refractivity contribution in [1.82, 2.24) is 0 Å². The van der Waals surface area contributed by atoms with Gasteiger partial charge in [0.1, 0.15) is 5.75 Å². The van der Waals surface area contributed by atoms with Crippen LogP contribution < -0.4 is 0 Å². The summed E-state index contributed by atoms with van der Waals surface area (Å²) in [6.45, 7) is 3.87. The average molecular weight is 240 g/mol. The number of benzene rings is 1. The Morgan fingerprint density at radius 3 is 2.44 bits per heavy atom. The van der Waals surface area contributed by atoms with Crippen LogP contribution in [0.15, 0.2) is 18.2 Å². The predicted molar refractivity (Wildman–Crippen MR) is 64.3 cm³/mol. The summed E-state index contributed by atoms with van der Waals surface area (Å²) < 4.78 is 21.9. The van der Waals surface area contributed by atoms with E-state index in [0.29, 0.717) is 0 Å². The van der Waals surface area contributed by atoms with Gasteiger partial charge in [-0.15, -0.1) is 0 Å². The van der Waals surface area contributed by atoms with Gasteiger partial charge < -0.3 is 0 Å². The van der Waals surface area contributed by atoms with E-state index in [1.807, 2.05) is 32.0 Å². The van der Waals surface area contributed by atoms with E-state index in [1.165, 1.54) is 0 Å². The Bertz CT molecular complexity index is 501. The fourth-order valence-electron chi connectivity index (χ4n) is 1.55. The van der Waals surface area contributed by atoms with Crippen LogP contribution in [0.4, 0.5) is 0 Å². The molecule has 0 fully saturated rings. The molecule has 0 heterocycles. The van der Waals surface area contributed by atoms with Crippen LogP contribution in [0.5, 0.6) is 0 Å². The molecular formula is C12H16O3S. The lowest BCUT2D eigenvalue weighted by Crippen LogP contribution is -2.16. The van der Waals surface area contributed by atoms with Gasteiger partial charge in [0.25, 0.3) is 0 Å². The highest BCUT2D eigenvalue weighted by atomic mass is 32.2. The second-order valence-corrected chi connectivity index (χ2v) is 6.36. The van der Waals surface area contributed by atoms with Gasteiger partial charge in [-0.25, -0.2) is 8.42 Å². The summed E-state index contributed by atoms with van der Waals surface area (Å²) in [5.74, 6) is -0.628. The molecule has 0 spiro atoms. The molecule has 0 aliphatic heterocycles. The molecule has 88 valence electrons. The van der Waals surface area contributed by atoms with Gasteiger partial charge in [-0.2, -0.15) is 0 Å². The zero-order valence-corrected chi connectivity index (χ0v) is 10.6. The van der Waals surface area contributed by atoms with Gasteiger partial charge in [0.05, 0.1) is 0 Å². The SMILES string of the molecule is Cc1ccc(C)c(CC(=O)CS(C)(=O)=O)c1. The number of carbonyl (C=O) groups is 1. The summed E-state index contributed by atoms with van der Waals surface area (Å²) in [5.41, 5.74) is 3.01. The Morgan fingerprint density at radius 2 is 1.88 bits per heavy atom. The summed E-state index contributed by atoms with van der Waals surface area (Å²) in [5, 5.41) is 0.